The van der Waals surface area contributed by atoms with E-state index >= 15 is 0 Å². The van der Waals surface area contributed by atoms with Crippen LogP contribution in [0.25, 0.3) is 0 Å². The lowest BCUT2D eigenvalue weighted by Gasteiger charge is -2.30. The van der Waals surface area contributed by atoms with E-state index in [0.717, 1.165) is 5.56 Å². The van der Waals surface area contributed by atoms with Crippen LogP contribution in [0.3, 0.4) is 0 Å². The fraction of sp³-hybridized carbons (Fsp3) is 0.167. The standard InChI is InChI=1S/C30H28N4O3S/c1-3-37-24-16-14-21(15-17-24)28-25(18-31)30(38-19-26(35)33-22-10-6-4-7-11-22)32-20(2)27(28)29(36)34-23-12-8-5-9-13-23/h4-17,28,32H,3,19H2,1-2H3,(H,33,35)(H,34,36)/t28-/m1/s1. The minimum absolute atomic E-state index is 0.0945. The van der Waals surface area contributed by atoms with Gasteiger partial charge in [-0.05, 0) is 55.8 Å². The van der Waals surface area contributed by atoms with E-state index in [1.54, 1.807) is 6.92 Å². The Morgan fingerprint density at radius 3 is 2.13 bits per heavy atom. The second kappa shape index (κ2) is 12.7. The van der Waals surface area contributed by atoms with Crippen LogP contribution in [0.1, 0.15) is 25.3 Å². The molecule has 1 atom stereocenters. The third kappa shape index (κ3) is 6.44. The molecule has 0 aliphatic carbocycles. The van der Waals surface area contributed by atoms with Gasteiger partial charge in [0.25, 0.3) is 5.91 Å². The van der Waals surface area contributed by atoms with Crippen molar-refractivity contribution in [3.05, 3.63) is 112 Å². The van der Waals surface area contributed by atoms with Crippen LogP contribution in [0.2, 0.25) is 0 Å². The van der Waals surface area contributed by atoms with Gasteiger partial charge in [-0.3, -0.25) is 9.59 Å². The Bertz CT molecular complexity index is 1390. The van der Waals surface area contributed by atoms with Crippen molar-refractivity contribution in [1.82, 2.24) is 5.32 Å². The molecule has 4 rings (SSSR count). The van der Waals surface area contributed by atoms with Crippen LogP contribution in [-0.2, 0) is 9.59 Å². The molecule has 0 radical (unpaired) electrons. The Hall–Kier alpha value is -4.48. The zero-order valence-corrected chi connectivity index (χ0v) is 22.0. The van der Waals surface area contributed by atoms with Gasteiger partial charge in [0, 0.05) is 22.6 Å². The van der Waals surface area contributed by atoms with Gasteiger partial charge in [0.2, 0.25) is 5.91 Å². The average molecular weight is 525 g/mol. The molecule has 1 aliphatic heterocycles. The predicted molar refractivity (Wildman–Crippen MR) is 151 cm³/mol. The average Bonchev–Trinajstić information content (AvgIpc) is 2.93. The maximum Gasteiger partial charge on any atom is 0.254 e. The fourth-order valence-electron chi connectivity index (χ4n) is 4.16. The molecule has 3 N–H and O–H groups in total. The van der Waals surface area contributed by atoms with Gasteiger partial charge in [-0.15, -0.1) is 0 Å². The van der Waals surface area contributed by atoms with Crippen molar-refractivity contribution in [2.24, 2.45) is 0 Å². The van der Waals surface area contributed by atoms with Gasteiger partial charge in [-0.1, -0.05) is 60.3 Å². The number of rotatable bonds is 9. The second-order valence-corrected chi connectivity index (χ2v) is 9.46. The maximum atomic E-state index is 13.5. The summed E-state index contributed by atoms with van der Waals surface area (Å²) in [5.74, 6) is -0.327. The second-order valence-electron chi connectivity index (χ2n) is 8.48. The van der Waals surface area contributed by atoms with E-state index in [9.17, 15) is 14.9 Å². The molecule has 192 valence electrons. The molecule has 8 heteroatoms. The largest absolute Gasteiger partial charge is 0.494 e. The van der Waals surface area contributed by atoms with Gasteiger partial charge >= 0.3 is 0 Å². The number of benzene rings is 3. The molecule has 1 heterocycles. The van der Waals surface area contributed by atoms with E-state index in [4.69, 9.17) is 4.74 Å². The summed E-state index contributed by atoms with van der Waals surface area (Å²) in [6.07, 6.45) is 0. The quantitative estimate of drug-likeness (QED) is 0.327. The van der Waals surface area contributed by atoms with E-state index in [-0.39, 0.29) is 17.6 Å². The fourth-order valence-corrected chi connectivity index (χ4v) is 5.05. The van der Waals surface area contributed by atoms with Crippen LogP contribution < -0.4 is 20.7 Å². The number of para-hydroxylation sites is 2. The SMILES string of the molecule is CCOc1ccc([C@@H]2C(C#N)=C(SCC(=O)Nc3ccccc3)NC(C)=C2C(=O)Nc2ccccc2)cc1. The predicted octanol–water partition coefficient (Wildman–Crippen LogP) is 5.79. The third-order valence-corrected chi connectivity index (χ3v) is 6.87. The summed E-state index contributed by atoms with van der Waals surface area (Å²) in [5.41, 5.74) is 3.55. The number of hydrogen-bond donors (Lipinski definition) is 3. The molecule has 3 aromatic carbocycles. The molecule has 0 unspecified atom stereocenters. The van der Waals surface area contributed by atoms with E-state index in [1.165, 1.54) is 11.8 Å². The van der Waals surface area contributed by atoms with Gasteiger partial charge in [-0.2, -0.15) is 5.26 Å². The van der Waals surface area contributed by atoms with Crippen LogP contribution in [0.5, 0.6) is 5.75 Å². The summed E-state index contributed by atoms with van der Waals surface area (Å²) in [7, 11) is 0. The molecule has 38 heavy (non-hydrogen) atoms. The van der Waals surface area contributed by atoms with Gasteiger partial charge < -0.3 is 20.7 Å². The molecular formula is C30H28N4O3S. The Balaban J connectivity index is 1.64. The molecular weight excluding hydrogens is 496 g/mol. The molecule has 0 fully saturated rings. The summed E-state index contributed by atoms with van der Waals surface area (Å²) >= 11 is 1.23. The van der Waals surface area contributed by atoms with Crippen molar-refractivity contribution in [3.8, 4) is 11.8 Å². The van der Waals surface area contributed by atoms with Crippen LogP contribution in [0, 0.1) is 11.3 Å². The number of dihydropyridines is 1. The highest BCUT2D eigenvalue weighted by atomic mass is 32.2. The highest BCUT2D eigenvalue weighted by Crippen LogP contribution is 2.41. The molecule has 0 bridgehead atoms. The van der Waals surface area contributed by atoms with Crippen molar-refractivity contribution in [2.75, 3.05) is 23.0 Å². The first-order valence-corrected chi connectivity index (χ1v) is 13.2. The number of nitrogens with one attached hydrogen (secondary N) is 3. The summed E-state index contributed by atoms with van der Waals surface area (Å²) in [4.78, 5) is 26.1. The molecule has 0 spiro atoms. The summed E-state index contributed by atoms with van der Waals surface area (Å²) in [6.45, 7) is 4.25. The topological polar surface area (TPSA) is 103 Å². The summed E-state index contributed by atoms with van der Waals surface area (Å²) in [6, 6.07) is 28.1. The van der Waals surface area contributed by atoms with E-state index in [2.05, 4.69) is 22.0 Å². The first-order valence-electron chi connectivity index (χ1n) is 12.2. The Labute approximate surface area is 226 Å². The Morgan fingerprint density at radius 2 is 1.55 bits per heavy atom. The van der Waals surface area contributed by atoms with Crippen molar-refractivity contribution in [2.45, 2.75) is 19.8 Å². The lowest BCUT2D eigenvalue weighted by molar-refractivity contribution is -0.114. The zero-order chi connectivity index (χ0) is 26.9. The Morgan fingerprint density at radius 1 is 0.947 bits per heavy atom. The maximum absolute atomic E-state index is 13.5. The highest BCUT2D eigenvalue weighted by Gasteiger charge is 2.35. The van der Waals surface area contributed by atoms with E-state index in [1.807, 2.05) is 91.9 Å². The number of anilines is 2. The minimum atomic E-state index is -0.625. The van der Waals surface area contributed by atoms with Crippen molar-refractivity contribution in [1.29, 1.82) is 5.26 Å². The highest BCUT2D eigenvalue weighted by molar-refractivity contribution is 8.03. The monoisotopic (exact) mass is 524 g/mol. The smallest absolute Gasteiger partial charge is 0.254 e. The molecule has 0 aromatic heterocycles. The molecule has 1 aliphatic rings. The molecule has 0 saturated heterocycles. The lowest BCUT2D eigenvalue weighted by atomic mass is 9.82. The zero-order valence-electron chi connectivity index (χ0n) is 21.2. The first kappa shape index (κ1) is 26.6. The minimum Gasteiger partial charge on any atom is -0.494 e. The van der Waals surface area contributed by atoms with Crippen molar-refractivity contribution in [3.63, 3.8) is 0 Å². The Kier molecular flexibility index (Phi) is 8.85. The molecule has 7 nitrogen and oxygen atoms in total. The summed E-state index contributed by atoms with van der Waals surface area (Å²) in [5, 5.41) is 19.8. The van der Waals surface area contributed by atoms with Gasteiger partial charge in [-0.25, -0.2) is 0 Å². The van der Waals surface area contributed by atoms with Crippen LogP contribution in [0.4, 0.5) is 11.4 Å². The van der Waals surface area contributed by atoms with Gasteiger partial charge in [0.1, 0.15) is 5.75 Å². The van der Waals surface area contributed by atoms with Gasteiger partial charge in [0.15, 0.2) is 0 Å². The summed E-state index contributed by atoms with van der Waals surface area (Å²) < 4.78 is 5.58. The normalized spacial score (nSPS) is 14.8. The molecule has 3 aromatic rings. The van der Waals surface area contributed by atoms with E-state index in [0.29, 0.717) is 45.6 Å². The van der Waals surface area contributed by atoms with Crippen LogP contribution in [-0.4, -0.2) is 24.2 Å². The van der Waals surface area contributed by atoms with E-state index < -0.39 is 5.92 Å². The number of thioether (sulfide) groups is 1. The molecule has 2 amide bonds. The van der Waals surface area contributed by atoms with Crippen molar-refractivity contribution < 1.29 is 14.3 Å². The third-order valence-electron chi connectivity index (χ3n) is 5.85. The lowest BCUT2D eigenvalue weighted by Crippen LogP contribution is -2.31. The number of allylic oxidation sites excluding steroid dienone is 2. The number of nitriles is 1. The van der Waals surface area contributed by atoms with Crippen LogP contribution in [0.15, 0.2) is 107 Å². The number of hydrogen-bond acceptors (Lipinski definition) is 6. The number of carbonyl (C=O) groups is 2. The number of ether oxygens (including phenoxy) is 1. The first-order chi connectivity index (χ1) is 18.5. The van der Waals surface area contributed by atoms with Crippen LogP contribution >= 0.6 is 11.8 Å². The van der Waals surface area contributed by atoms with Crippen molar-refractivity contribution >= 4 is 35.0 Å². The number of carbonyl (C=O) groups excluding carboxylic acids is 2. The van der Waals surface area contributed by atoms with Gasteiger partial charge in [0.05, 0.1) is 34.9 Å². The number of amides is 2. The number of nitrogens with zero attached hydrogens (tertiary/aromatic N) is 1. The molecule has 0 saturated carbocycles.